The highest BCUT2D eigenvalue weighted by molar-refractivity contribution is 5.71. The zero-order valence-corrected chi connectivity index (χ0v) is 40.2. The standard InChI is InChI=1S/C53H102O6/c1-5-7-9-11-13-15-17-19-21-22-24-25-27-32-36-40-44-51(54)57-47-50(48-58-52(55)45-41-37-33-30-29-31-35-39-43-49(3)4)59-53(56)46-42-38-34-28-26-23-20-18-16-14-12-10-8-6-2/h49-50H,5-48H2,1-4H3/t50-/m0/s1. The summed E-state index contributed by atoms with van der Waals surface area (Å²) in [5, 5.41) is 0. The van der Waals surface area contributed by atoms with Crippen LogP contribution >= 0.6 is 0 Å². The molecule has 0 N–H and O–H groups in total. The number of unbranched alkanes of at least 4 members (excludes halogenated alkanes) is 35. The normalized spacial score (nSPS) is 11.9. The first-order chi connectivity index (χ1) is 28.9. The van der Waals surface area contributed by atoms with E-state index in [1.807, 2.05) is 0 Å². The van der Waals surface area contributed by atoms with Gasteiger partial charge in [0.25, 0.3) is 0 Å². The van der Waals surface area contributed by atoms with Crippen LogP contribution in [0.25, 0.3) is 0 Å². The molecule has 6 heteroatoms. The molecule has 6 nitrogen and oxygen atoms in total. The molecule has 0 aliphatic heterocycles. The zero-order valence-electron chi connectivity index (χ0n) is 40.2. The molecule has 0 rings (SSSR count). The Kier molecular flexibility index (Phi) is 46.2. The maximum Gasteiger partial charge on any atom is 0.306 e. The van der Waals surface area contributed by atoms with E-state index in [-0.39, 0.29) is 31.1 Å². The van der Waals surface area contributed by atoms with Gasteiger partial charge >= 0.3 is 17.9 Å². The van der Waals surface area contributed by atoms with Crippen LogP contribution in [0.5, 0.6) is 0 Å². The summed E-state index contributed by atoms with van der Waals surface area (Å²) >= 11 is 0. The first-order valence-corrected chi connectivity index (χ1v) is 26.4. The van der Waals surface area contributed by atoms with Gasteiger partial charge in [0.05, 0.1) is 0 Å². The Bertz CT molecular complexity index is 887. The molecule has 0 unspecified atom stereocenters. The van der Waals surface area contributed by atoms with Gasteiger partial charge in [-0.1, -0.05) is 259 Å². The first-order valence-electron chi connectivity index (χ1n) is 26.4. The van der Waals surface area contributed by atoms with Gasteiger partial charge in [-0.2, -0.15) is 0 Å². The van der Waals surface area contributed by atoms with Crippen molar-refractivity contribution in [2.45, 2.75) is 303 Å². The van der Waals surface area contributed by atoms with Crippen LogP contribution in [0.1, 0.15) is 297 Å². The number of hydrogen-bond acceptors (Lipinski definition) is 6. The third-order valence-corrected chi connectivity index (χ3v) is 12.0. The van der Waals surface area contributed by atoms with Crippen LogP contribution in [0.4, 0.5) is 0 Å². The molecule has 0 fully saturated rings. The Morgan fingerprint density at radius 2 is 0.559 bits per heavy atom. The molecule has 0 radical (unpaired) electrons. The predicted octanol–water partition coefficient (Wildman–Crippen LogP) is 17.1. The lowest BCUT2D eigenvalue weighted by Crippen LogP contribution is -2.30. The third kappa shape index (κ3) is 47.3. The number of rotatable bonds is 48. The van der Waals surface area contributed by atoms with E-state index >= 15 is 0 Å². The second-order valence-corrected chi connectivity index (χ2v) is 18.6. The predicted molar refractivity (Wildman–Crippen MR) is 252 cm³/mol. The fraction of sp³-hybridized carbons (Fsp3) is 0.943. The number of esters is 3. The van der Waals surface area contributed by atoms with Crippen LogP contribution in [0.15, 0.2) is 0 Å². The second kappa shape index (κ2) is 47.5. The van der Waals surface area contributed by atoms with Crippen molar-refractivity contribution in [1.82, 2.24) is 0 Å². The summed E-state index contributed by atoms with van der Waals surface area (Å²) in [5.74, 6) is -0.0480. The van der Waals surface area contributed by atoms with Crippen LogP contribution in [0, 0.1) is 5.92 Å². The molecule has 350 valence electrons. The van der Waals surface area contributed by atoms with Crippen molar-refractivity contribution in [1.29, 1.82) is 0 Å². The summed E-state index contributed by atoms with van der Waals surface area (Å²) in [5.41, 5.74) is 0. The van der Waals surface area contributed by atoms with Gasteiger partial charge in [-0.3, -0.25) is 14.4 Å². The van der Waals surface area contributed by atoms with Crippen molar-refractivity contribution in [3.63, 3.8) is 0 Å². The summed E-state index contributed by atoms with van der Waals surface area (Å²) < 4.78 is 16.8. The van der Waals surface area contributed by atoms with Gasteiger partial charge in [-0.15, -0.1) is 0 Å². The van der Waals surface area contributed by atoms with Crippen LogP contribution in [-0.4, -0.2) is 37.2 Å². The lowest BCUT2D eigenvalue weighted by atomic mass is 10.0. The lowest BCUT2D eigenvalue weighted by Gasteiger charge is -2.18. The summed E-state index contributed by atoms with van der Waals surface area (Å²) in [6, 6.07) is 0. The van der Waals surface area contributed by atoms with Crippen molar-refractivity contribution in [3.05, 3.63) is 0 Å². The van der Waals surface area contributed by atoms with E-state index in [2.05, 4.69) is 27.7 Å². The van der Waals surface area contributed by atoms with E-state index in [1.54, 1.807) is 0 Å². The Balaban J connectivity index is 4.29. The second-order valence-electron chi connectivity index (χ2n) is 18.6. The molecule has 0 aliphatic carbocycles. The van der Waals surface area contributed by atoms with Crippen molar-refractivity contribution >= 4 is 17.9 Å². The molecule has 0 heterocycles. The highest BCUT2D eigenvalue weighted by Gasteiger charge is 2.19. The zero-order chi connectivity index (χ0) is 43.1. The molecule has 0 aliphatic rings. The fourth-order valence-electron chi connectivity index (χ4n) is 8.04. The molecular weight excluding hydrogens is 733 g/mol. The molecule has 1 atom stereocenters. The molecule has 0 spiro atoms. The molecule has 0 aromatic heterocycles. The van der Waals surface area contributed by atoms with Crippen molar-refractivity contribution < 1.29 is 28.6 Å². The monoisotopic (exact) mass is 835 g/mol. The van der Waals surface area contributed by atoms with E-state index < -0.39 is 6.10 Å². The molecule has 0 aromatic rings. The molecule has 0 amide bonds. The number of hydrogen-bond donors (Lipinski definition) is 0. The average molecular weight is 835 g/mol. The number of ether oxygens (including phenoxy) is 3. The maximum absolute atomic E-state index is 12.8. The number of carbonyl (C=O) groups excluding carboxylic acids is 3. The van der Waals surface area contributed by atoms with Gasteiger partial charge in [0.1, 0.15) is 13.2 Å². The minimum atomic E-state index is -0.761. The average Bonchev–Trinajstić information content (AvgIpc) is 3.22. The van der Waals surface area contributed by atoms with Gasteiger partial charge in [0.15, 0.2) is 6.10 Å². The Labute approximate surface area is 368 Å². The summed E-state index contributed by atoms with van der Waals surface area (Å²) in [4.78, 5) is 37.9. The van der Waals surface area contributed by atoms with Crippen molar-refractivity contribution in [2.75, 3.05) is 13.2 Å². The minimum Gasteiger partial charge on any atom is -0.462 e. The topological polar surface area (TPSA) is 78.9 Å². The van der Waals surface area contributed by atoms with Gasteiger partial charge in [0, 0.05) is 19.3 Å². The SMILES string of the molecule is CCCCCCCCCCCCCCCCCCC(=O)OC[C@@H](COC(=O)CCCCCCCCCCC(C)C)OC(=O)CCCCCCCCCCCCCCCC. The highest BCUT2D eigenvalue weighted by Crippen LogP contribution is 2.17. The Morgan fingerprint density at radius 1 is 0.322 bits per heavy atom. The minimum absolute atomic E-state index is 0.0629. The molecule has 59 heavy (non-hydrogen) atoms. The summed E-state index contributed by atoms with van der Waals surface area (Å²) in [6.45, 7) is 9.00. The molecule has 0 saturated carbocycles. The van der Waals surface area contributed by atoms with Crippen LogP contribution < -0.4 is 0 Å². The largest absolute Gasteiger partial charge is 0.462 e. The third-order valence-electron chi connectivity index (χ3n) is 12.0. The van der Waals surface area contributed by atoms with Crippen LogP contribution in [-0.2, 0) is 28.6 Å². The van der Waals surface area contributed by atoms with E-state index in [4.69, 9.17) is 14.2 Å². The maximum atomic E-state index is 12.8. The van der Waals surface area contributed by atoms with Gasteiger partial charge in [0.2, 0.25) is 0 Å². The lowest BCUT2D eigenvalue weighted by molar-refractivity contribution is -0.167. The highest BCUT2D eigenvalue weighted by atomic mass is 16.6. The van der Waals surface area contributed by atoms with Crippen LogP contribution in [0.3, 0.4) is 0 Å². The van der Waals surface area contributed by atoms with Gasteiger partial charge < -0.3 is 14.2 Å². The Hall–Kier alpha value is -1.59. The smallest absolute Gasteiger partial charge is 0.306 e. The van der Waals surface area contributed by atoms with E-state index in [9.17, 15) is 14.4 Å². The molecule has 0 saturated heterocycles. The number of carbonyl (C=O) groups is 3. The van der Waals surface area contributed by atoms with Crippen molar-refractivity contribution in [3.8, 4) is 0 Å². The van der Waals surface area contributed by atoms with Crippen molar-refractivity contribution in [2.24, 2.45) is 5.92 Å². The summed E-state index contributed by atoms with van der Waals surface area (Å²) in [6.07, 6.45) is 49.5. The molecular formula is C53H102O6. The summed E-state index contributed by atoms with van der Waals surface area (Å²) in [7, 11) is 0. The van der Waals surface area contributed by atoms with E-state index in [0.717, 1.165) is 63.7 Å². The fourth-order valence-corrected chi connectivity index (χ4v) is 8.04. The first kappa shape index (κ1) is 57.4. The van der Waals surface area contributed by atoms with Crippen LogP contribution in [0.2, 0.25) is 0 Å². The quantitative estimate of drug-likeness (QED) is 0.0345. The molecule has 0 bridgehead atoms. The van der Waals surface area contributed by atoms with E-state index in [1.165, 1.54) is 193 Å². The van der Waals surface area contributed by atoms with Gasteiger partial charge in [-0.05, 0) is 25.2 Å². The van der Waals surface area contributed by atoms with E-state index in [0.29, 0.717) is 19.3 Å². The Morgan fingerprint density at radius 3 is 0.831 bits per heavy atom. The molecule has 0 aromatic carbocycles. The van der Waals surface area contributed by atoms with Gasteiger partial charge in [-0.25, -0.2) is 0 Å².